The summed E-state index contributed by atoms with van der Waals surface area (Å²) in [6.07, 6.45) is 6.46. The van der Waals surface area contributed by atoms with Gasteiger partial charge in [0, 0.05) is 12.2 Å². The van der Waals surface area contributed by atoms with Crippen LogP contribution in [0.25, 0.3) is 0 Å². The van der Waals surface area contributed by atoms with Crippen LogP contribution < -0.4 is 11.5 Å². The molecule has 0 aromatic carbocycles. The van der Waals surface area contributed by atoms with E-state index >= 15 is 0 Å². The molecule has 4 N–H and O–H groups in total. The van der Waals surface area contributed by atoms with Gasteiger partial charge in [-0.2, -0.15) is 0 Å². The fraction of sp³-hybridized carbons (Fsp3) is 0.545. The maximum atomic E-state index is 5.87. The molecule has 1 aliphatic carbocycles. The summed E-state index contributed by atoms with van der Waals surface area (Å²) >= 11 is 0. The standard InChI is InChI=1S/C11H17N3/c12-10-2-1-8(6-10)5-9-3-4-14-11(13)7-9/h3-4,7-8,10H,1-2,5-6,12H2,(H2,13,14). The van der Waals surface area contributed by atoms with E-state index in [0.717, 1.165) is 18.8 Å². The van der Waals surface area contributed by atoms with Crippen LogP contribution in [0.1, 0.15) is 24.8 Å². The fourth-order valence-electron chi connectivity index (χ4n) is 2.25. The lowest BCUT2D eigenvalue weighted by atomic mass is 9.98. The Labute approximate surface area is 84.5 Å². The number of aromatic nitrogens is 1. The van der Waals surface area contributed by atoms with Gasteiger partial charge in [0.2, 0.25) is 0 Å². The van der Waals surface area contributed by atoms with Crippen molar-refractivity contribution >= 4 is 5.82 Å². The average molecular weight is 191 g/mol. The van der Waals surface area contributed by atoms with Gasteiger partial charge < -0.3 is 11.5 Å². The third kappa shape index (κ3) is 2.23. The lowest BCUT2D eigenvalue weighted by Gasteiger charge is -2.09. The van der Waals surface area contributed by atoms with E-state index in [1.165, 1.54) is 18.4 Å². The zero-order valence-corrected chi connectivity index (χ0v) is 8.32. The van der Waals surface area contributed by atoms with Crippen molar-refractivity contribution < 1.29 is 0 Å². The molecular weight excluding hydrogens is 174 g/mol. The van der Waals surface area contributed by atoms with Crippen LogP contribution in [0.2, 0.25) is 0 Å². The van der Waals surface area contributed by atoms with Crippen molar-refractivity contribution in [3.8, 4) is 0 Å². The maximum absolute atomic E-state index is 5.87. The summed E-state index contributed by atoms with van der Waals surface area (Å²) < 4.78 is 0. The fourth-order valence-corrected chi connectivity index (χ4v) is 2.25. The lowest BCUT2D eigenvalue weighted by molar-refractivity contribution is 0.535. The Morgan fingerprint density at radius 2 is 2.29 bits per heavy atom. The minimum atomic E-state index is 0.416. The Morgan fingerprint density at radius 3 is 2.93 bits per heavy atom. The molecule has 2 unspecified atom stereocenters. The van der Waals surface area contributed by atoms with Gasteiger partial charge in [-0.1, -0.05) is 0 Å². The molecule has 76 valence electrons. The first kappa shape index (κ1) is 9.46. The number of hydrogen-bond donors (Lipinski definition) is 2. The minimum Gasteiger partial charge on any atom is -0.384 e. The SMILES string of the molecule is Nc1cc(CC2CCC(N)C2)ccn1. The number of rotatable bonds is 2. The Balaban J connectivity index is 1.97. The van der Waals surface area contributed by atoms with E-state index in [1.807, 2.05) is 12.1 Å². The van der Waals surface area contributed by atoms with E-state index < -0.39 is 0 Å². The maximum Gasteiger partial charge on any atom is 0.123 e. The van der Waals surface area contributed by atoms with Crippen LogP contribution in [0, 0.1) is 5.92 Å². The van der Waals surface area contributed by atoms with Gasteiger partial charge >= 0.3 is 0 Å². The Kier molecular flexibility index (Phi) is 2.68. The molecule has 2 rings (SSSR count). The van der Waals surface area contributed by atoms with Gasteiger partial charge in [0.1, 0.15) is 5.82 Å². The highest BCUT2D eigenvalue weighted by Crippen LogP contribution is 2.27. The van der Waals surface area contributed by atoms with Crippen LogP contribution in [-0.4, -0.2) is 11.0 Å². The van der Waals surface area contributed by atoms with Crippen LogP contribution in [0.5, 0.6) is 0 Å². The Bertz CT molecular complexity index is 311. The number of hydrogen-bond acceptors (Lipinski definition) is 3. The first-order chi connectivity index (χ1) is 6.74. The number of nitrogens with zero attached hydrogens (tertiary/aromatic N) is 1. The first-order valence-electron chi connectivity index (χ1n) is 5.20. The van der Waals surface area contributed by atoms with Crippen molar-refractivity contribution in [2.24, 2.45) is 11.7 Å². The summed E-state index contributed by atoms with van der Waals surface area (Å²) in [7, 11) is 0. The molecule has 0 aliphatic heterocycles. The molecule has 1 aliphatic rings. The predicted molar refractivity (Wildman–Crippen MR) is 57.7 cm³/mol. The highest BCUT2D eigenvalue weighted by Gasteiger charge is 2.21. The summed E-state index contributed by atoms with van der Waals surface area (Å²) in [6.45, 7) is 0. The van der Waals surface area contributed by atoms with Crippen LogP contribution in [0.4, 0.5) is 5.82 Å². The monoisotopic (exact) mass is 191 g/mol. The van der Waals surface area contributed by atoms with Crippen LogP contribution >= 0.6 is 0 Å². The van der Waals surface area contributed by atoms with E-state index in [9.17, 15) is 0 Å². The lowest BCUT2D eigenvalue weighted by Crippen LogP contribution is -2.15. The van der Waals surface area contributed by atoms with Gasteiger partial charge in [-0.05, 0) is 49.3 Å². The highest BCUT2D eigenvalue weighted by molar-refractivity contribution is 5.32. The van der Waals surface area contributed by atoms with Gasteiger partial charge in [-0.15, -0.1) is 0 Å². The van der Waals surface area contributed by atoms with Crippen LogP contribution in [0.3, 0.4) is 0 Å². The highest BCUT2D eigenvalue weighted by atomic mass is 14.8. The minimum absolute atomic E-state index is 0.416. The zero-order chi connectivity index (χ0) is 9.97. The molecule has 14 heavy (non-hydrogen) atoms. The normalized spacial score (nSPS) is 26.6. The second-order valence-electron chi connectivity index (χ2n) is 4.23. The molecule has 1 aromatic heterocycles. The van der Waals surface area contributed by atoms with Crippen molar-refractivity contribution in [2.45, 2.75) is 31.7 Å². The average Bonchev–Trinajstić information content (AvgIpc) is 2.51. The molecule has 3 nitrogen and oxygen atoms in total. The van der Waals surface area contributed by atoms with Crippen molar-refractivity contribution in [1.29, 1.82) is 0 Å². The summed E-state index contributed by atoms with van der Waals surface area (Å²) in [6, 6.07) is 4.42. The van der Waals surface area contributed by atoms with E-state index in [-0.39, 0.29) is 0 Å². The number of nitrogens with two attached hydrogens (primary N) is 2. The van der Waals surface area contributed by atoms with Gasteiger partial charge in [-0.25, -0.2) is 4.98 Å². The molecule has 3 heteroatoms. The summed E-state index contributed by atoms with van der Waals surface area (Å²) in [5, 5.41) is 0. The van der Waals surface area contributed by atoms with E-state index in [0.29, 0.717) is 11.9 Å². The van der Waals surface area contributed by atoms with Gasteiger partial charge in [0.25, 0.3) is 0 Å². The molecule has 0 spiro atoms. The second kappa shape index (κ2) is 3.96. The molecule has 1 heterocycles. The third-order valence-corrected chi connectivity index (χ3v) is 2.95. The van der Waals surface area contributed by atoms with Crippen LogP contribution in [0.15, 0.2) is 18.3 Å². The second-order valence-corrected chi connectivity index (χ2v) is 4.23. The Hall–Kier alpha value is -1.09. The van der Waals surface area contributed by atoms with Crippen molar-refractivity contribution in [3.05, 3.63) is 23.9 Å². The quantitative estimate of drug-likeness (QED) is 0.741. The molecule has 0 saturated heterocycles. The number of anilines is 1. The summed E-state index contributed by atoms with van der Waals surface area (Å²) in [4.78, 5) is 3.98. The van der Waals surface area contributed by atoms with E-state index in [2.05, 4.69) is 4.98 Å². The smallest absolute Gasteiger partial charge is 0.123 e. The van der Waals surface area contributed by atoms with E-state index in [1.54, 1.807) is 6.20 Å². The topological polar surface area (TPSA) is 64.9 Å². The van der Waals surface area contributed by atoms with Crippen molar-refractivity contribution in [1.82, 2.24) is 4.98 Å². The van der Waals surface area contributed by atoms with Gasteiger partial charge in [-0.3, -0.25) is 0 Å². The molecule has 2 atom stereocenters. The molecule has 0 bridgehead atoms. The molecule has 1 aromatic rings. The molecular formula is C11H17N3. The first-order valence-corrected chi connectivity index (χ1v) is 5.20. The largest absolute Gasteiger partial charge is 0.384 e. The molecule has 0 radical (unpaired) electrons. The van der Waals surface area contributed by atoms with Crippen molar-refractivity contribution in [3.63, 3.8) is 0 Å². The molecule has 1 fully saturated rings. The predicted octanol–water partition coefficient (Wildman–Crippen LogP) is 1.33. The molecule has 0 amide bonds. The Morgan fingerprint density at radius 1 is 1.43 bits per heavy atom. The van der Waals surface area contributed by atoms with Gasteiger partial charge in [0.05, 0.1) is 0 Å². The van der Waals surface area contributed by atoms with Gasteiger partial charge in [0.15, 0.2) is 0 Å². The molecule has 1 saturated carbocycles. The van der Waals surface area contributed by atoms with E-state index in [4.69, 9.17) is 11.5 Å². The summed E-state index contributed by atoms with van der Waals surface area (Å²) in [5.74, 6) is 1.36. The van der Waals surface area contributed by atoms with Crippen molar-refractivity contribution in [2.75, 3.05) is 5.73 Å². The number of nitrogen functional groups attached to an aromatic ring is 1. The number of pyridine rings is 1. The third-order valence-electron chi connectivity index (χ3n) is 2.95. The zero-order valence-electron chi connectivity index (χ0n) is 8.32. The van der Waals surface area contributed by atoms with Crippen LogP contribution in [-0.2, 0) is 6.42 Å². The summed E-state index contributed by atoms with van der Waals surface area (Å²) in [5.41, 5.74) is 12.8.